The van der Waals surface area contributed by atoms with Crippen LogP contribution in [-0.2, 0) is 25.1 Å². The monoisotopic (exact) mass is 375 g/mol. The van der Waals surface area contributed by atoms with E-state index in [4.69, 9.17) is 5.73 Å². The van der Waals surface area contributed by atoms with Gasteiger partial charge in [-0.25, -0.2) is 8.42 Å². The number of nitrogen functional groups attached to an aromatic ring is 1. The fourth-order valence-electron chi connectivity index (χ4n) is 2.38. The number of anilines is 1. The lowest BCUT2D eigenvalue weighted by molar-refractivity contribution is -0.141. The van der Waals surface area contributed by atoms with E-state index in [0.717, 1.165) is 17.3 Å². The molecule has 1 fully saturated rings. The van der Waals surface area contributed by atoms with Crippen LogP contribution in [0.25, 0.3) is 0 Å². The highest BCUT2D eigenvalue weighted by Gasteiger charge is 2.47. The van der Waals surface area contributed by atoms with E-state index >= 15 is 0 Å². The lowest BCUT2D eigenvalue weighted by Gasteiger charge is -2.14. The Hall–Kier alpha value is -1.08. The molecule has 0 bridgehead atoms. The quantitative estimate of drug-likeness (QED) is 0.608. The molecule has 0 aliphatic heterocycles. The molecule has 1 aliphatic rings. The third kappa shape index (κ3) is 4.44. The van der Waals surface area contributed by atoms with Crippen LogP contribution in [0.4, 0.5) is 5.69 Å². The molecule has 1 saturated carbocycles. The first-order chi connectivity index (χ1) is 9.75. The molecule has 0 amide bonds. The number of esters is 1. The summed E-state index contributed by atoms with van der Waals surface area (Å²) in [5.74, 6) is -0.453. The van der Waals surface area contributed by atoms with Gasteiger partial charge in [0.1, 0.15) is 0 Å². The number of hydrogen-bond donors (Lipinski definition) is 1. The van der Waals surface area contributed by atoms with Gasteiger partial charge < -0.3 is 10.5 Å². The zero-order valence-electron chi connectivity index (χ0n) is 11.8. The van der Waals surface area contributed by atoms with Crippen LogP contribution in [-0.4, -0.2) is 27.2 Å². The number of sulfone groups is 1. The van der Waals surface area contributed by atoms with Crippen molar-refractivity contribution < 1.29 is 17.9 Å². The number of carbonyl (C=O) groups is 1. The predicted octanol–water partition coefficient (Wildman–Crippen LogP) is 2.29. The van der Waals surface area contributed by atoms with Crippen LogP contribution in [0.5, 0.6) is 0 Å². The minimum atomic E-state index is -3.32. The highest BCUT2D eigenvalue weighted by molar-refractivity contribution is 9.10. The number of rotatable bonds is 6. The Labute approximate surface area is 132 Å². The lowest BCUT2D eigenvalue weighted by atomic mass is 10.1. The van der Waals surface area contributed by atoms with Crippen LogP contribution in [0.1, 0.15) is 24.8 Å². The molecule has 2 N–H and O–H groups in total. The molecule has 1 aromatic carbocycles. The summed E-state index contributed by atoms with van der Waals surface area (Å²) in [6.45, 7) is 0. The van der Waals surface area contributed by atoms with Crippen molar-refractivity contribution in [1.82, 2.24) is 0 Å². The second kappa shape index (κ2) is 5.96. The van der Waals surface area contributed by atoms with Crippen molar-refractivity contribution >= 4 is 37.4 Å². The van der Waals surface area contributed by atoms with Crippen molar-refractivity contribution in [3.05, 3.63) is 28.2 Å². The molecule has 0 saturated heterocycles. The molecule has 0 spiro atoms. The smallest absolute Gasteiger partial charge is 0.306 e. The number of halogens is 1. The third-order valence-corrected chi connectivity index (χ3v) is 6.01. The second-order valence-electron chi connectivity index (χ2n) is 5.63. The van der Waals surface area contributed by atoms with Crippen LogP contribution < -0.4 is 5.73 Å². The Morgan fingerprint density at radius 2 is 2.10 bits per heavy atom. The van der Waals surface area contributed by atoms with Crippen LogP contribution in [0.2, 0.25) is 0 Å². The fraction of sp³-hybridized carbons (Fsp3) is 0.500. The van der Waals surface area contributed by atoms with Crippen LogP contribution in [0.3, 0.4) is 0 Å². The lowest BCUT2D eigenvalue weighted by Crippen LogP contribution is -2.22. The maximum Gasteiger partial charge on any atom is 0.306 e. The Bertz CT molecular complexity index is 653. The molecular weight excluding hydrogens is 358 g/mol. The summed E-state index contributed by atoms with van der Waals surface area (Å²) < 4.78 is 30.1. The molecule has 0 unspecified atom stereocenters. The van der Waals surface area contributed by atoms with Crippen molar-refractivity contribution in [2.24, 2.45) is 5.41 Å². The SMILES string of the molecule is COC(=O)CC1(CS(=O)(=O)Cc2ccc(Br)cc2N)CC1. The minimum Gasteiger partial charge on any atom is -0.469 e. The Balaban J connectivity index is 2.07. The molecule has 0 heterocycles. The van der Waals surface area contributed by atoms with Crippen LogP contribution in [0.15, 0.2) is 22.7 Å². The highest BCUT2D eigenvalue weighted by atomic mass is 79.9. The van der Waals surface area contributed by atoms with Crippen LogP contribution >= 0.6 is 15.9 Å². The molecule has 0 aromatic heterocycles. The highest BCUT2D eigenvalue weighted by Crippen LogP contribution is 2.50. The number of nitrogens with two attached hydrogens (primary N) is 1. The summed E-state index contributed by atoms with van der Waals surface area (Å²) >= 11 is 3.29. The number of hydrogen-bond acceptors (Lipinski definition) is 5. The van der Waals surface area contributed by atoms with E-state index in [-0.39, 0.29) is 23.9 Å². The Morgan fingerprint density at radius 1 is 1.43 bits per heavy atom. The van der Waals surface area contributed by atoms with Gasteiger partial charge in [0.05, 0.1) is 25.0 Å². The topological polar surface area (TPSA) is 86.5 Å². The zero-order valence-corrected chi connectivity index (χ0v) is 14.2. The largest absolute Gasteiger partial charge is 0.469 e. The van der Waals surface area contributed by atoms with Gasteiger partial charge in [-0.2, -0.15) is 0 Å². The second-order valence-corrected chi connectivity index (χ2v) is 8.61. The van der Waals surface area contributed by atoms with E-state index in [1.807, 2.05) is 0 Å². The third-order valence-electron chi connectivity index (χ3n) is 3.71. The van der Waals surface area contributed by atoms with E-state index < -0.39 is 15.3 Å². The number of methoxy groups -OCH3 is 1. The fourth-order valence-corrected chi connectivity index (χ4v) is 4.92. The zero-order chi connectivity index (χ0) is 15.7. The molecule has 2 rings (SSSR count). The summed E-state index contributed by atoms with van der Waals surface area (Å²) in [5.41, 5.74) is 6.45. The Morgan fingerprint density at radius 3 is 2.62 bits per heavy atom. The van der Waals surface area contributed by atoms with E-state index in [2.05, 4.69) is 20.7 Å². The van der Waals surface area contributed by atoms with E-state index in [1.54, 1.807) is 18.2 Å². The molecule has 1 aliphatic carbocycles. The number of ether oxygens (including phenoxy) is 1. The van der Waals surface area contributed by atoms with E-state index in [0.29, 0.717) is 11.3 Å². The van der Waals surface area contributed by atoms with Gasteiger partial charge in [0.15, 0.2) is 9.84 Å². The van der Waals surface area contributed by atoms with Gasteiger partial charge >= 0.3 is 5.97 Å². The summed E-state index contributed by atoms with van der Waals surface area (Å²) in [6, 6.07) is 5.16. The average Bonchev–Trinajstić information content (AvgIpc) is 3.11. The first-order valence-corrected chi connectivity index (χ1v) is 9.18. The first-order valence-electron chi connectivity index (χ1n) is 6.56. The average molecular weight is 376 g/mol. The molecule has 5 nitrogen and oxygen atoms in total. The van der Waals surface area contributed by atoms with Gasteiger partial charge in [-0.3, -0.25) is 4.79 Å². The summed E-state index contributed by atoms with van der Waals surface area (Å²) in [6.07, 6.45) is 1.66. The maximum atomic E-state index is 12.3. The normalized spacial score (nSPS) is 16.5. The van der Waals surface area contributed by atoms with Crippen molar-refractivity contribution in [3.63, 3.8) is 0 Å². The molecule has 0 radical (unpaired) electrons. The molecule has 21 heavy (non-hydrogen) atoms. The van der Waals surface area contributed by atoms with Crippen LogP contribution in [0, 0.1) is 5.41 Å². The number of carbonyl (C=O) groups excluding carboxylic acids is 1. The van der Waals surface area contributed by atoms with Gasteiger partial charge in [0.25, 0.3) is 0 Å². The van der Waals surface area contributed by atoms with Crippen molar-refractivity contribution in [1.29, 1.82) is 0 Å². The van der Waals surface area contributed by atoms with Gasteiger partial charge in [0, 0.05) is 10.2 Å². The molecule has 1 aromatic rings. The van der Waals surface area contributed by atoms with Gasteiger partial charge in [-0.15, -0.1) is 0 Å². The van der Waals surface area contributed by atoms with Crippen molar-refractivity contribution in [2.45, 2.75) is 25.0 Å². The summed E-state index contributed by atoms with van der Waals surface area (Å²) in [4.78, 5) is 11.4. The molecular formula is C14H18BrNO4S. The predicted molar refractivity (Wildman–Crippen MR) is 84.3 cm³/mol. The number of benzene rings is 1. The molecule has 7 heteroatoms. The van der Waals surface area contributed by atoms with Gasteiger partial charge in [-0.1, -0.05) is 22.0 Å². The standard InChI is InChI=1S/C14H18BrNO4S/c1-20-13(17)7-14(4-5-14)9-21(18,19)8-10-2-3-11(15)6-12(10)16/h2-3,6H,4-5,7-9,16H2,1H3. The first kappa shape index (κ1) is 16.3. The van der Waals surface area contributed by atoms with Gasteiger partial charge in [0.2, 0.25) is 0 Å². The van der Waals surface area contributed by atoms with Crippen molar-refractivity contribution in [3.8, 4) is 0 Å². The van der Waals surface area contributed by atoms with Crippen molar-refractivity contribution in [2.75, 3.05) is 18.6 Å². The maximum absolute atomic E-state index is 12.3. The summed E-state index contributed by atoms with van der Waals surface area (Å²) in [7, 11) is -2.01. The van der Waals surface area contributed by atoms with E-state index in [1.165, 1.54) is 7.11 Å². The molecule has 0 atom stereocenters. The Kier molecular flexibility index (Phi) is 4.63. The van der Waals surface area contributed by atoms with Gasteiger partial charge in [-0.05, 0) is 36.0 Å². The summed E-state index contributed by atoms with van der Waals surface area (Å²) in [5, 5.41) is 0. The minimum absolute atomic E-state index is 0.00457. The van der Waals surface area contributed by atoms with E-state index in [9.17, 15) is 13.2 Å². The molecule has 116 valence electrons.